The number of hydrogen-bond acceptors (Lipinski definition) is 2. The minimum absolute atomic E-state index is 0.408. The predicted molar refractivity (Wildman–Crippen MR) is 82.9 cm³/mol. The summed E-state index contributed by atoms with van der Waals surface area (Å²) in [7, 11) is 0. The molecule has 0 radical (unpaired) electrons. The minimum atomic E-state index is 0.408. The molecule has 1 aromatic carbocycles. The standard InChI is InChI=1S/C18H27NO/c1-18(2,3)13-10-11-19(12-13)16-8-4-7-15-14(16)6-5-9-17(15)20/h5-6,9,13,16,20H,4,7-8,10-12H2,1-3H3. The lowest BCUT2D eigenvalue weighted by molar-refractivity contribution is 0.181. The highest BCUT2D eigenvalue weighted by atomic mass is 16.3. The molecule has 2 atom stereocenters. The van der Waals surface area contributed by atoms with Crippen molar-refractivity contribution in [2.75, 3.05) is 13.1 Å². The van der Waals surface area contributed by atoms with Gasteiger partial charge in [0.25, 0.3) is 0 Å². The number of hydrogen-bond donors (Lipinski definition) is 1. The Morgan fingerprint density at radius 2 is 2.00 bits per heavy atom. The van der Waals surface area contributed by atoms with Gasteiger partial charge in [-0.3, -0.25) is 4.90 Å². The van der Waals surface area contributed by atoms with Crippen LogP contribution in [0.15, 0.2) is 18.2 Å². The Hall–Kier alpha value is -1.02. The van der Waals surface area contributed by atoms with Crippen LogP contribution in [0.5, 0.6) is 5.75 Å². The first-order valence-corrected chi connectivity index (χ1v) is 8.01. The van der Waals surface area contributed by atoms with Gasteiger partial charge in [0.2, 0.25) is 0 Å². The second-order valence-electron chi connectivity index (χ2n) is 7.60. The fourth-order valence-electron chi connectivity index (χ4n) is 3.96. The molecule has 2 nitrogen and oxygen atoms in total. The van der Waals surface area contributed by atoms with E-state index in [9.17, 15) is 5.11 Å². The van der Waals surface area contributed by atoms with Crippen LogP contribution in [-0.4, -0.2) is 23.1 Å². The number of benzene rings is 1. The number of rotatable bonds is 1. The first-order chi connectivity index (χ1) is 9.47. The van der Waals surface area contributed by atoms with Gasteiger partial charge in [0.05, 0.1) is 0 Å². The molecule has 0 spiro atoms. The topological polar surface area (TPSA) is 23.5 Å². The third kappa shape index (κ3) is 2.46. The molecule has 1 aliphatic carbocycles. The van der Waals surface area contributed by atoms with Gasteiger partial charge in [-0.2, -0.15) is 0 Å². The van der Waals surface area contributed by atoms with E-state index in [0.29, 0.717) is 17.2 Å². The summed E-state index contributed by atoms with van der Waals surface area (Å²) in [4.78, 5) is 2.66. The van der Waals surface area contributed by atoms with Crippen LogP contribution in [0.4, 0.5) is 0 Å². The normalized spacial score (nSPS) is 27.6. The number of likely N-dealkylation sites (tertiary alicyclic amines) is 1. The third-order valence-corrected chi connectivity index (χ3v) is 5.34. The van der Waals surface area contributed by atoms with E-state index in [1.54, 1.807) is 0 Å². The molecule has 2 unspecified atom stereocenters. The van der Waals surface area contributed by atoms with Crippen LogP contribution in [0.3, 0.4) is 0 Å². The largest absolute Gasteiger partial charge is 0.508 e. The van der Waals surface area contributed by atoms with Crippen molar-refractivity contribution in [2.45, 2.75) is 52.5 Å². The van der Waals surface area contributed by atoms with Gasteiger partial charge < -0.3 is 5.11 Å². The summed E-state index contributed by atoms with van der Waals surface area (Å²) in [5, 5.41) is 10.1. The van der Waals surface area contributed by atoms with Crippen LogP contribution in [0.25, 0.3) is 0 Å². The van der Waals surface area contributed by atoms with Crippen molar-refractivity contribution >= 4 is 0 Å². The maximum atomic E-state index is 10.1. The zero-order valence-electron chi connectivity index (χ0n) is 13.0. The highest BCUT2D eigenvalue weighted by Gasteiger charge is 2.36. The van der Waals surface area contributed by atoms with Crippen LogP contribution < -0.4 is 0 Å². The number of nitrogens with zero attached hydrogens (tertiary/aromatic N) is 1. The first-order valence-electron chi connectivity index (χ1n) is 8.01. The van der Waals surface area contributed by atoms with Gasteiger partial charge in [-0.15, -0.1) is 0 Å². The van der Waals surface area contributed by atoms with E-state index >= 15 is 0 Å². The van der Waals surface area contributed by atoms with E-state index in [1.165, 1.54) is 43.5 Å². The first kappa shape index (κ1) is 13.9. The predicted octanol–water partition coefficient (Wildman–Crippen LogP) is 4.14. The molecule has 1 aromatic rings. The maximum Gasteiger partial charge on any atom is 0.119 e. The Kier molecular flexibility index (Phi) is 3.53. The summed E-state index contributed by atoms with van der Waals surface area (Å²) >= 11 is 0. The molecule has 1 fully saturated rings. The molecule has 0 bridgehead atoms. The number of aromatic hydroxyl groups is 1. The molecular weight excluding hydrogens is 246 g/mol. The molecule has 1 heterocycles. The minimum Gasteiger partial charge on any atom is -0.508 e. The summed E-state index contributed by atoms with van der Waals surface area (Å²) in [6.07, 6.45) is 4.79. The van der Waals surface area contributed by atoms with Gasteiger partial charge in [0.15, 0.2) is 0 Å². The molecule has 0 aromatic heterocycles. The van der Waals surface area contributed by atoms with Crippen molar-refractivity contribution in [3.05, 3.63) is 29.3 Å². The van der Waals surface area contributed by atoms with Crippen molar-refractivity contribution in [1.82, 2.24) is 4.90 Å². The molecule has 1 aliphatic heterocycles. The van der Waals surface area contributed by atoms with E-state index in [1.807, 2.05) is 12.1 Å². The van der Waals surface area contributed by atoms with Crippen molar-refractivity contribution in [2.24, 2.45) is 11.3 Å². The van der Waals surface area contributed by atoms with E-state index in [4.69, 9.17) is 0 Å². The maximum absolute atomic E-state index is 10.1. The van der Waals surface area contributed by atoms with Crippen molar-refractivity contribution < 1.29 is 5.11 Å². The molecule has 1 saturated heterocycles. The average Bonchev–Trinajstić information content (AvgIpc) is 2.88. The summed E-state index contributed by atoms with van der Waals surface area (Å²) < 4.78 is 0. The molecule has 110 valence electrons. The van der Waals surface area contributed by atoms with Gasteiger partial charge >= 0.3 is 0 Å². The Labute approximate surface area is 122 Å². The lowest BCUT2D eigenvalue weighted by atomic mass is 9.80. The highest BCUT2D eigenvalue weighted by Crippen LogP contribution is 2.42. The summed E-state index contributed by atoms with van der Waals surface area (Å²) in [5.74, 6) is 1.30. The molecule has 3 rings (SSSR count). The third-order valence-electron chi connectivity index (χ3n) is 5.34. The zero-order chi connectivity index (χ0) is 14.3. The second-order valence-corrected chi connectivity index (χ2v) is 7.60. The Morgan fingerprint density at radius 3 is 2.70 bits per heavy atom. The average molecular weight is 273 g/mol. The van der Waals surface area contributed by atoms with Crippen LogP contribution in [0, 0.1) is 11.3 Å². The van der Waals surface area contributed by atoms with Crippen LogP contribution in [0.2, 0.25) is 0 Å². The van der Waals surface area contributed by atoms with Crippen LogP contribution >= 0.6 is 0 Å². The monoisotopic (exact) mass is 273 g/mol. The highest BCUT2D eigenvalue weighted by molar-refractivity contribution is 5.42. The molecule has 0 amide bonds. The van der Waals surface area contributed by atoms with E-state index in [-0.39, 0.29) is 0 Å². The van der Waals surface area contributed by atoms with Crippen molar-refractivity contribution in [1.29, 1.82) is 0 Å². The van der Waals surface area contributed by atoms with Gasteiger partial charge in [-0.05, 0) is 60.8 Å². The smallest absolute Gasteiger partial charge is 0.119 e. The van der Waals surface area contributed by atoms with Crippen molar-refractivity contribution in [3.8, 4) is 5.75 Å². The summed E-state index contributed by atoms with van der Waals surface area (Å²) in [6.45, 7) is 9.51. The number of phenolic OH excluding ortho intramolecular Hbond substituents is 1. The molecule has 2 heteroatoms. The van der Waals surface area contributed by atoms with Gasteiger partial charge in [-0.1, -0.05) is 32.9 Å². The Balaban J connectivity index is 1.82. The molecule has 20 heavy (non-hydrogen) atoms. The lowest BCUT2D eigenvalue weighted by Gasteiger charge is -2.34. The summed E-state index contributed by atoms with van der Waals surface area (Å²) in [6, 6.07) is 6.59. The van der Waals surface area contributed by atoms with Gasteiger partial charge in [0.1, 0.15) is 5.75 Å². The molecule has 0 saturated carbocycles. The molecular formula is C18H27NO. The quantitative estimate of drug-likeness (QED) is 0.831. The fraction of sp³-hybridized carbons (Fsp3) is 0.667. The van der Waals surface area contributed by atoms with E-state index in [0.717, 1.165) is 12.3 Å². The number of fused-ring (bicyclic) bond motifs is 1. The Bertz CT molecular complexity index is 489. The Morgan fingerprint density at radius 1 is 1.20 bits per heavy atom. The van der Waals surface area contributed by atoms with Gasteiger partial charge in [0, 0.05) is 12.6 Å². The number of phenols is 1. The van der Waals surface area contributed by atoms with E-state index < -0.39 is 0 Å². The summed E-state index contributed by atoms with van der Waals surface area (Å²) in [5.41, 5.74) is 2.99. The second kappa shape index (κ2) is 5.07. The van der Waals surface area contributed by atoms with E-state index in [2.05, 4.69) is 31.7 Å². The fourth-order valence-corrected chi connectivity index (χ4v) is 3.96. The van der Waals surface area contributed by atoms with Crippen LogP contribution in [-0.2, 0) is 6.42 Å². The molecule has 1 N–H and O–H groups in total. The van der Waals surface area contributed by atoms with Crippen molar-refractivity contribution in [3.63, 3.8) is 0 Å². The lowest BCUT2D eigenvalue weighted by Crippen LogP contribution is -2.31. The SMILES string of the molecule is CC(C)(C)C1CCN(C2CCCc3c(O)cccc32)C1. The zero-order valence-corrected chi connectivity index (χ0v) is 13.0. The van der Waals surface area contributed by atoms with Crippen LogP contribution in [0.1, 0.15) is 57.2 Å². The molecule has 2 aliphatic rings. The van der Waals surface area contributed by atoms with Gasteiger partial charge in [-0.25, -0.2) is 0 Å².